The molecule has 0 radical (unpaired) electrons. The van der Waals surface area contributed by atoms with E-state index < -0.39 is 0 Å². The second kappa shape index (κ2) is 2.27. The van der Waals surface area contributed by atoms with E-state index >= 15 is 0 Å². The van der Waals surface area contributed by atoms with Crippen molar-refractivity contribution in [3.05, 3.63) is 0 Å². The normalized spacial score (nSPS) is 37.4. The molecule has 2 unspecified atom stereocenters. The predicted molar refractivity (Wildman–Crippen MR) is 44.8 cm³/mol. The first kappa shape index (κ1) is 6.22. The fraction of sp³-hybridized carbons (Fsp3) is 0.667. The van der Waals surface area contributed by atoms with Gasteiger partial charge in [0, 0.05) is 12.6 Å². The minimum atomic E-state index is 0.419. The molecule has 0 spiro atoms. The maximum Gasteiger partial charge on any atom is 0.154 e. The summed E-state index contributed by atoms with van der Waals surface area (Å²) in [7, 11) is 0. The van der Waals surface area contributed by atoms with Gasteiger partial charge in [0.25, 0.3) is 0 Å². The van der Waals surface area contributed by atoms with Crippen molar-refractivity contribution in [2.75, 3.05) is 6.54 Å². The fourth-order valence-corrected chi connectivity index (χ4v) is 2.23. The van der Waals surface area contributed by atoms with Crippen LogP contribution in [0.25, 0.3) is 0 Å². The molecule has 2 atom stereocenters. The Morgan fingerprint density at radius 2 is 2.60 bits per heavy atom. The van der Waals surface area contributed by atoms with Crippen LogP contribution < -0.4 is 5.73 Å². The van der Waals surface area contributed by atoms with Crippen LogP contribution in [-0.4, -0.2) is 29.2 Å². The number of rotatable bonds is 0. The van der Waals surface area contributed by atoms with E-state index in [9.17, 15) is 0 Å². The van der Waals surface area contributed by atoms with Gasteiger partial charge in [-0.05, 0) is 0 Å². The molecule has 0 fully saturated rings. The van der Waals surface area contributed by atoms with E-state index in [0.717, 1.165) is 18.1 Å². The van der Waals surface area contributed by atoms with Gasteiger partial charge >= 0.3 is 0 Å². The monoisotopic (exact) mass is 155 g/mol. The lowest BCUT2D eigenvalue weighted by atomic mass is 10.1. The lowest BCUT2D eigenvalue weighted by Gasteiger charge is -2.15. The second-order valence-corrected chi connectivity index (χ2v) is 3.73. The predicted octanol–water partition coefficient (Wildman–Crippen LogP) is 0.260. The Morgan fingerprint density at radius 3 is 3.40 bits per heavy atom. The van der Waals surface area contributed by atoms with Crippen LogP contribution in [0.3, 0.4) is 0 Å². The average Bonchev–Trinajstić information content (AvgIpc) is 2.27. The molecule has 0 bridgehead atoms. The van der Waals surface area contributed by atoms with Crippen molar-refractivity contribution in [3.8, 4) is 0 Å². The standard InChI is InChI=1S/C6H9N3S/c7-6-9-4-1-2-8-3-5(4)10-6/h2,4-5H,1,3H2,(H2,7,9). The van der Waals surface area contributed by atoms with Crippen LogP contribution in [-0.2, 0) is 0 Å². The first-order valence-electron chi connectivity index (χ1n) is 3.34. The van der Waals surface area contributed by atoms with Gasteiger partial charge in [0.1, 0.15) is 0 Å². The Labute approximate surface area is 63.8 Å². The van der Waals surface area contributed by atoms with Gasteiger partial charge in [0.2, 0.25) is 0 Å². The average molecular weight is 155 g/mol. The first-order valence-corrected chi connectivity index (χ1v) is 4.22. The number of fused-ring (bicyclic) bond motifs is 1. The van der Waals surface area contributed by atoms with Gasteiger partial charge in [-0.25, -0.2) is 0 Å². The molecule has 54 valence electrons. The molecule has 4 heteroatoms. The van der Waals surface area contributed by atoms with Crippen LogP contribution in [0.2, 0.25) is 0 Å². The van der Waals surface area contributed by atoms with Crippen LogP contribution >= 0.6 is 11.8 Å². The highest BCUT2D eigenvalue weighted by Crippen LogP contribution is 2.28. The zero-order valence-electron chi connectivity index (χ0n) is 5.53. The lowest BCUT2D eigenvalue weighted by molar-refractivity contribution is 0.657. The van der Waals surface area contributed by atoms with E-state index in [4.69, 9.17) is 5.73 Å². The summed E-state index contributed by atoms with van der Waals surface area (Å²) in [6, 6.07) is 0.419. The summed E-state index contributed by atoms with van der Waals surface area (Å²) >= 11 is 1.66. The quantitative estimate of drug-likeness (QED) is 0.545. The van der Waals surface area contributed by atoms with E-state index in [1.807, 2.05) is 6.21 Å². The van der Waals surface area contributed by atoms with Crippen LogP contribution in [0, 0.1) is 0 Å². The van der Waals surface area contributed by atoms with Crippen LogP contribution in [0.15, 0.2) is 9.98 Å². The summed E-state index contributed by atoms with van der Waals surface area (Å²) in [6.45, 7) is 0.888. The highest BCUT2D eigenvalue weighted by atomic mass is 32.2. The minimum Gasteiger partial charge on any atom is -0.379 e. The van der Waals surface area contributed by atoms with Gasteiger partial charge in [-0.1, -0.05) is 11.8 Å². The highest BCUT2D eigenvalue weighted by Gasteiger charge is 2.29. The summed E-state index contributed by atoms with van der Waals surface area (Å²) in [4.78, 5) is 8.46. The molecule has 2 N–H and O–H groups in total. The van der Waals surface area contributed by atoms with Crippen molar-refractivity contribution >= 4 is 23.1 Å². The zero-order valence-corrected chi connectivity index (χ0v) is 6.34. The Morgan fingerprint density at radius 1 is 1.70 bits per heavy atom. The van der Waals surface area contributed by atoms with Crippen molar-refractivity contribution in [2.45, 2.75) is 17.7 Å². The Kier molecular flexibility index (Phi) is 1.41. The maximum absolute atomic E-state index is 5.55. The number of hydrogen-bond donors (Lipinski definition) is 1. The molecule has 2 heterocycles. The molecule has 0 aromatic heterocycles. The number of nitrogens with two attached hydrogens (primary N) is 1. The van der Waals surface area contributed by atoms with E-state index in [1.54, 1.807) is 11.8 Å². The number of aliphatic imine (C=N–C) groups is 2. The number of amidine groups is 1. The van der Waals surface area contributed by atoms with Crippen molar-refractivity contribution < 1.29 is 0 Å². The summed E-state index contributed by atoms with van der Waals surface area (Å²) in [5.41, 5.74) is 5.55. The van der Waals surface area contributed by atoms with Crippen molar-refractivity contribution in [1.29, 1.82) is 0 Å². The molecular formula is C6H9N3S. The van der Waals surface area contributed by atoms with Crippen molar-refractivity contribution in [3.63, 3.8) is 0 Å². The Bertz CT molecular complexity index is 199. The van der Waals surface area contributed by atoms with E-state index in [2.05, 4.69) is 9.98 Å². The first-order chi connectivity index (χ1) is 4.86. The van der Waals surface area contributed by atoms with E-state index in [-0.39, 0.29) is 0 Å². The lowest BCUT2D eigenvalue weighted by Crippen LogP contribution is -2.24. The third kappa shape index (κ3) is 0.923. The largest absolute Gasteiger partial charge is 0.379 e. The van der Waals surface area contributed by atoms with Crippen LogP contribution in [0.1, 0.15) is 6.42 Å². The maximum atomic E-state index is 5.55. The summed E-state index contributed by atoms with van der Waals surface area (Å²) in [6.07, 6.45) is 2.92. The third-order valence-electron chi connectivity index (χ3n) is 1.76. The molecule has 0 saturated carbocycles. The summed E-state index contributed by atoms with van der Waals surface area (Å²) in [5.74, 6) is 0. The highest BCUT2D eigenvalue weighted by molar-refractivity contribution is 8.14. The molecule has 0 amide bonds. The molecule has 2 aliphatic rings. The number of thioether (sulfide) groups is 1. The van der Waals surface area contributed by atoms with Gasteiger partial charge in [-0.15, -0.1) is 0 Å². The molecular weight excluding hydrogens is 146 g/mol. The molecule has 0 aliphatic carbocycles. The summed E-state index contributed by atoms with van der Waals surface area (Å²) < 4.78 is 0. The fourth-order valence-electron chi connectivity index (χ4n) is 1.24. The smallest absolute Gasteiger partial charge is 0.154 e. The summed E-state index contributed by atoms with van der Waals surface area (Å²) in [5, 5.41) is 1.27. The molecule has 0 aromatic carbocycles. The van der Waals surface area contributed by atoms with Gasteiger partial charge in [0.05, 0.1) is 17.8 Å². The van der Waals surface area contributed by atoms with Crippen LogP contribution in [0.4, 0.5) is 0 Å². The Balaban J connectivity index is 2.14. The van der Waals surface area contributed by atoms with E-state index in [0.29, 0.717) is 11.3 Å². The number of hydrogen-bond acceptors (Lipinski definition) is 4. The van der Waals surface area contributed by atoms with Gasteiger partial charge in [-0.2, -0.15) is 0 Å². The molecule has 0 saturated heterocycles. The van der Waals surface area contributed by atoms with Crippen LogP contribution in [0.5, 0.6) is 0 Å². The van der Waals surface area contributed by atoms with Crippen molar-refractivity contribution in [2.24, 2.45) is 15.7 Å². The van der Waals surface area contributed by atoms with Gasteiger partial charge < -0.3 is 5.73 Å². The second-order valence-electron chi connectivity index (χ2n) is 2.47. The molecule has 2 rings (SSSR count). The minimum absolute atomic E-state index is 0.419. The topological polar surface area (TPSA) is 50.7 Å². The van der Waals surface area contributed by atoms with Crippen molar-refractivity contribution in [1.82, 2.24) is 0 Å². The molecule has 10 heavy (non-hydrogen) atoms. The number of nitrogens with zero attached hydrogens (tertiary/aromatic N) is 2. The zero-order chi connectivity index (χ0) is 6.97. The molecule has 0 aromatic rings. The molecule has 2 aliphatic heterocycles. The van der Waals surface area contributed by atoms with E-state index in [1.165, 1.54) is 0 Å². The van der Waals surface area contributed by atoms with Gasteiger partial charge in [0.15, 0.2) is 5.17 Å². The van der Waals surface area contributed by atoms with Gasteiger partial charge in [-0.3, -0.25) is 9.98 Å². The molecule has 3 nitrogen and oxygen atoms in total. The SMILES string of the molecule is NC1=NC2CC=NCC2S1. The third-order valence-corrected chi connectivity index (χ3v) is 2.87. The Hall–Kier alpha value is -0.510.